The van der Waals surface area contributed by atoms with Crippen LogP contribution in [0.3, 0.4) is 0 Å². The van der Waals surface area contributed by atoms with Gasteiger partial charge in [0, 0.05) is 16.8 Å². The Morgan fingerprint density at radius 1 is 1.33 bits per heavy atom. The van der Waals surface area contributed by atoms with Crippen molar-refractivity contribution in [1.82, 2.24) is 4.98 Å². The van der Waals surface area contributed by atoms with Gasteiger partial charge in [0.25, 0.3) is 0 Å². The van der Waals surface area contributed by atoms with Crippen molar-refractivity contribution in [2.24, 2.45) is 0 Å². The fraction of sp³-hybridized carbons (Fsp3) is 0.250. The van der Waals surface area contributed by atoms with E-state index in [4.69, 9.17) is 9.31 Å². The van der Waals surface area contributed by atoms with Crippen molar-refractivity contribution in [1.29, 1.82) is 0 Å². The molecule has 3 rings (SSSR count). The summed E-state index contributed by atoms with van der Waals surface area (Å²) in [5, 5.41) is 0. The highest BCUT2D eigenvalue weighted by molar-refractivity contribution is 7.24. The van der Waals surface area contributed by atoms with Gasteiger partial charge in [-0.05, 0) is 0 Å². The van der Waals surface area contributed by atoms with E-state index in [1.54, 1.807) is 11.7 Å². The molecule has 0 N–H and O–H groups in total. The minimum atomic E-state index is -1.98. The van der Waals surface area contributed by atoms with Gasteiger partial charge in [-0.25, -0.2) is 0 Å². The smallest absolute Gasteiger partial charge is 0.599 e. The van der Waals surface area contributed by atoms with Gasteiger partial charge in [-0.2, -0.15) is 11.3 Å². The first-order valence-electron chi connectivity index (χ1n) is 4.52. The quantitative estimate of drug-likeness (QED) is 0.487. The van der Waals surface area contributed by atoms with Gasteiger partial charge in [0.05, 0.1) is 5.51 Å². The molecule has 2 fully saturated rings. The first-order valence-corrected chi connectivity index (χ1v) is 5.40. The van der Waals surface area contributed by atoms with Crippen molar-refractivity contribution in [2.75, 3.05) is 0 Å². The number of nitrogens with zero attached hydrogens (tertiary/aromatic N) is 1. The second-order valence-corrected chi connectivity index (χ2v) is 4.53. The summed E-state index contributed by atoms with van der Waals surface area (Å²) in [7, 11) is 0. The third kappa shape index (κ3) is 1.09. The molecule has 0 bridgehead atoms. The highest BCUT2D eigenvalue weighted by atomic mass is 32.1. The molecule has 0 saturated carbocycles. The molecule has 0 radical (unpaired) electrons. The van der Waals surface area contributed by atoms with Crippen molar-refractivity contribution >= 4 is 34.6 Å². The largest absolute Gasteiger partial charge is 0.609 e. The topological polar surface area (TPSA) is 65.5 Å². The van der Waals surface area contributed by atoms with Crippen LogP contribution in [0.25, 0.3) is 0 Å². The summed E-state index contributed by atoms with van der Waals surface area (Å²) < 4.78 is 11.1. The summed E-state index contributed by atoms with van der Waals surface area (Å²) >= 11 is 1.33. The van der Waals surface area contributed by atoms with Gasteiger partial charge in [-0.3, -0.25) is 14.6 Å². The maximum Gasteiger partial charge on any atom is 0.599 e. The number of rotatable bonds is 1. The Hall–Kier alpha value is -1.50. The molecule has 0 spiro atoms. The maximum atomic E-state index is 11.2. The predicted octanol–water partition coefficient (Wildman–Crippen LogP) is -0.200. The van der Waals surface area contributed by atoms with E-state index in [1.165, 1.54) is 11.3 Å². The second-order valence-electron chi connectivity index (χ2n) is 3.61. The van der Waals surface area contributed by atoms with Crippen LogP contribution in [-0.4, -0.2) is 23.5 Å². The minimum Gasteiger partial charge on any atom is -0.609 e. The number of carbonyl (C=O) groups is 2. The van der Waals surface area contributed by atoms with E-state index < -0.39 is 6.55 Å². The monoisotopic (exact) mass is 223 g/mol. The van der Waals surface area contributed by atoms with Gasteiger partial charge in [-0.1, -0.05) is 0 Å². The lowest BCUT2D eigenvalue weighted by Crippen LogP contribution is -2.51. The molecule has 7 heteroatoms. The fourth-order valence-electron chi connectivity index (χ4n) is 2.08. The molecule has 0 aliphatic carbocycles. The van der Waals surface area contributed by atoms with Crippen LogP contribution in [0.15, 0.2) is 11.7 Å². The number of fused-ring (bicyclic) bond motifs is 1. The molecule has 3 heterocycles. The molecular weight excluding hydrogens is 217 g/mol. The number of thiazole rings is 1. The van der Waals surface area contributed by atoms with E-state index in [0.29, 0.717) is 4.78 Å². The lowest BCUT2D eigenvalue weighted by molar-refractivity contribution is -0.138. The van der Waals surface area contributed by atoms with Crippen molar-refractivity contribution in [3.63, 3.8) is 0 Å². The van der Waals surface area contributed by atoms with Crippen LogP contribution in [0.2, 0.25) is 0 Å². The first-order chi connectivity index (χ1) is 7.21. The average molecular weight is 223 g/mol. The van der Waals surface area contributed by atoms with E-state index in [2.05, 4.69) is 4.98 Å². The van der Waals surface area contributed by atoms with E-state index >= 15 is 0 Å². The van der Waals surface area contributed by atoms with Crippen LogP contribution in [0.4, 0.5) is 0 Å². The third-order valence-corrected chi connectivity index (χ3v) is 3.62. The van der Waals surface area contributed by atoms with Gasteiger partial charge < -0.3 is 9.31 Å². The predicted molar refractivity (Wildman–Crippen MR) is 52.2 cm³/mol. The molecule has 76 valence electrons. The Morgan fingerprint density at radius 2 is 2.00 bits per heavy atom. The Bertz CT molecular complexity index is 412. The molecule has 0 amide bonds. The Labute approximate surface area is 89.4 Å². The molecular formula is C8H6BNO4S. The van der Waals surface area contributed by atoms with E-state index in [9.17, 15) is 9.59 Å². The Kier molecular flexibility index (Phi) is 1.61. The zero-order chi connectivity index (χ0) is 10.5. The Morgan fingerprint density at radius 3 is 2.53 bits per heavy atom. The number of carbonyl (C=O) groups excluding carboxylic acids is 2. The normalized spacial score (nSPS) is 22.5. The summed E-state index contributed by atoms with van der Waals surface area (Å²) in [5.41, 5.74) is 1.63. The number of aromatic nitrogens is 1. The molecule has 2 aliphatic heterocycles. The Balaban J connectivity index is 2.07. The van der Waals surface area contributed by atoms with Crippen molar-refractivity contribution in [2.45, 2.75) is 12.8 Å². The molecule has 0 atom stereocenters. The van der Waals surface area contributed by atoms with Crippen LogP contribution in [0.1, 0.15) is 12.8 Å². The molecule has 2 aliphatic rings. The van der Waals surface area contributed by atoms with E-state index in [1.807, 2.05) is 0 Å². The van der Waals surface area contributed by atoms with Crippen LogP contribution in [-0.2, 0) is 18.9 Å². The molecule has 0 unspecified atom stereocenters. The number of hydrogen-bond acceptors (Lipinski definition) is 6. The summed E-state index contributed by atoms with van der Waals surface area (Å²) in [6.07, 6.45) is 1.95. The maximum absolute atomic E-state index is 11.2. The second kappa shape index (κ2) is 2.76. The first kappa shape index (κ1) is 8.78. The van der Waals surface area contributed by atoms with Gasteiger partial charge in [0.1, 0.15) is 12.8 Å². The third-order valence-electron chi connectivity index (χ3n) is 2.70. The fourth-order valence-corrected chi connectivity index (χ4v) is 2.88. The van der Waals surface area contributed by atoms with E-state index in [0.717, 1.165) is 5.82 Å². The summed E-state index contributed by atoms with van der Waals surface area (Å²) in [6.45, 7) is -1.98. The molecule has 15 heavy (non-hydrogen) atoms. The summed E-state index contributed by atoms with van der Waals surface area (Å²) in [6, 6.07) is 0. The van der Waals surface area contributed by atoms with Crippen molar-refractivity contribution in [3.8, 4) is 0 Å². The lowest BCUT2D eigenvalue weighted by Gasteiger charge is -2.22. The van der Waals surface area contributed by atoms with Gasteiger partial charge in [0.15, 0.2) is 0 Å². The zero-order valence-electron chi connectivity index (χ0n) is 7.63. The van der Waals surface area contributed by atoms with Gasteiger partial charge in [-0.15, -0.1) is 0 Å². The van der Waals surface area contributed by atoms with Gasteiger partial charge in [0.2, 0.25) is 0 Å². The van der Waals surface area contributed by atoms with Crippen LogP contribution in [0, 0.1) is 5.82 Å². The molecule has 1 aromatic rings. The van der Waals surface area contributed by atoms with Crippen molar-refractivity contribution in [3.05, 3.63) is 17.5 Å². The SMILES string of the molecule is O=C1C[C+]2CC(=O)O[B-]2(c2cncs2)O1. The zero-order valence-corrected chi connectivity index (χ0v) is 8.45. The number of hydrogen-bond donors (Lipinski definition) is 0. The minimum absolute atomic E-state index is 0.184. The summed E-state index contributed by atoms with van der Waals surface area (Å²) in [4.78, 5) is 26.4. The van der Waals surface area contributed by atoms with Crippen LogP contribution in [0.5, 0.6) is 0 Å². The standard InChI is InChI=1S/C8H6BNO4S/c11-7-1-5-2-8(12)14-9(5,13-7)6-3-10-4-15-6/h3-4H,1-2H2. The average Bonchev–Trinajstić information content (AvgIpc) is 2.77. The highest BCUT2D eigenvalue weighted by Gasteiger charge is 2.66. The molecule has 2 saturated heterocycles. The molecule has 5 nitrogen and oxygen atoms in total. The van der Waals surface area contributed by atoms with Crippen LogP contribution < -0.4 is 4.78 Å². The van der Waals surface area contributed by atoms with E-state index in [-0.39, 0.29) is 24.8 Å². The van der Waals surface area contributed by atoms with Gasteiger partial charge >= 0.3 is 18.5 Å². The van der Waals surface area contributed by atoms with Crippen molar-refractivity contribution < 1.29 is 18.9 Å². The lowest BCUT2D eigenvalue weighted by atomic mass is 9.48. The molecule has 0 aromatic carbocycles. The highest BCUT2D eigenvalue weighted by Crippen LogP contribution is 2.40. The summed E-state index contributed by atoms with van der Waals surface area (Å²) in [5.74, 6) is 0.0889. The van der Waals surface area contributed by atoms with Crippen LogP contribution >= 0.6 is 11.3 Å². The molecule has 1 aromatic heterocycles.